The van der Waals surface area contributed by atoms with Crippen molar-refractivity contribution in [2.24, 2.45) is 0 Å². The normalized spacial score (nSPS) is 10.5. The number of aromatic nitrogens is 3. The summed E-state index contributed by atoms with van der Waals surface area (Å²) in [6.07, 6.45) is 0. The fourth-order valence-electron chi connectivity index (χ4n) is 2.15. The molecule has 0 radical (unpaired) electrons. The van der Waals surface area contributed by atoms with E-state index in [-0.39, 0.29) is 5.69 Å². The van der Waals surface area contributed by atoms with E-state index >= 15 is 0 Å². The Kier molecular flexibility index (Phi) is 3.23. The standard InChI is InChI=1S/C16H13N3O2/c1-11-7-9-13(10-8-11)19-15(12-5-3-2-4-6-12)14(16(20)21)17-18-19/h2-10H,1H3,(H,20,21). The van der Waals surface area contributed by atoms with E-state index in [0.717, 1.165) is 16.8 Å². The first-order valence-electron chi connectivity index (χ1n) is 6.48. The second-order valence-electron chi connectivity index (χ2n) is 4.71. The van der Waals surface area contributed by atoms with E-state index in [0.29, 0.717) is 5.69 Å². The summed E-state index contributed by atoms with van der Waals surface area (Å²) < 4.78 is 1.55. The maximum absolute atomic E-state index is 11.4. The van der Waals surface area contributed by atoms with Crippen LogP contribution in [0.15, 0.2) is 54.6 Å². The summed E-state index contributed by atoms with van der Waals surface area (Å²) in [7, 11) is 0. The topological polar surface area (TPSA) is 68.0 Å². The molecule has 0 amide bonds. The van der Waals surface area contributed by atoms with E-state index in [1.807, 2.05) is 61.5 Å². The lowest BCUT2D eigenvalue weighted by Gasteiger charge is -2.07. The van der Waals surface area contributed by atoms with Crippen molar-refractivity contribution >= 4 is 5.97 Å². The predicted octanol–water partition coefficient (Wildman–Crippen LogP) is 2.94. The van der Waals surface area contributed by atoms with Crippen LogP contribution in [0, 0.1) is 6.92 Å². The van der Waals surface area contributed by atoms with Crippen molar-refractivity contribution in [3.8, 4) is 16.9 Å². The Hall–Kier alpha value is -2.95. The van der Waals surface area contributed by atoms with Crippen LogP contribution < -0.4 is 0 Å². The van der Waals surface area contributed by atoms with E-state index in [9.17, 15) is 9.90 Å². The molecule has 104 valence electrons. The summed E-state index contributed by atoms with van der Waals surface area (Å²) in [4.78, 5) is 11.4. The number of aromatic carboxylic acids is 1. The molecule has 0 unspecified atom stereocenters. The molecule has 3 rings (SSSR count). The van der Waals surface area contributed by atoms with Crippen molar-refractivity contribution in [2.75, 3.05) is 0 Å². The van der Waals surface area contributed by atoms with Gasteiger partial charge in [0.1, 0.15) is 5.69 Å². The molecule has 21 heavy (non-hydrogen) atoms. The van der Waals surface area contributed by atoms with E-state index in [1.54, 1.807) is 4.68 Å². The predicted molar refractivity (Wildman–Crippen MR) is 78.5 cm³/mol. The minimum absolute atomic E-state index is 0.0539. The molecule has 5 nitrogen and oxygen atoms in total. The maximum Gasteiger partial charge on any atom is 0.358 e. The van der Waals surface area contributed by atoms with Crippen LogP contribution in [0.1, 0.15) is 16.1 Å². The molecule has 5 heteroatoms. The lowest BCUT2D eigenvalue weighted by molar-refractivity contribution is 0.0691. The van der Waals surface area contributed by atoms with Crippen LogP contribution in [0.4, 0.5) is 0 Å². The lowest BCUT2D eigenvalue weighted by atomic mass is 10.1. The Labute approximate surface area is 121 Å². The van der Waals surface area contributed by atoms with E-state index in [4.69, 9.17) is 0 Å². The van der Waals surface area contributed by atoms with Gasteiger partial charge in [0.2, 0.25) is 0 Å². The molecule has 0 aliphatic rings. The van der Waals surface area contributed by atoms with Crippen molar-refractivity contribution in [1.82, 2.24) is 15.0 Å². The van der Waals surface area contributed by atoms with Gasteiger partial charge in [-0.1, -0.05) is 53.2 Å². The lowest BCUT2D eigenvalue weighted by Crippen LogP contribution is -2.03. The summed E-state index contributed by atoms with van der Waals surface area (Å²) in [5.41, 5.74) is 3.09. The van der Waals surface area contributed by atoms with Crippen LogP contribution >= 0.6 is 0 Å². The van der Waals surface area contributed by atoms with Gasteiger partial charge < -0.3 is 5.11 Å². The van der Waals surface area contributed by atoms with Crippen LogP contribution in [0.3, 0.4) is 0 Å². The summed E-state index contributed by atoms with van der Waals surface area (Å²) in [5.74, 6) is -1.09. The Morgan fingerprint density at radius 2 is 1.71 bits per heavy atom. The van der Waals surface area contributed by atoms with Gasteiger partial charge in [0.15, 0.2) is 5.69 Å². The molecule has 0 saturated carbocycles. The van der Waals surface area contributed by atoms with Crippen molar-refractivity contribution in [3.05, 3.63) is 65.9 Å². The molecule has 1 N–H and O–H groups in total. The number of benzene rings is 2. The third kappa shape index (κ3) is 2.41. The number of carboxylic acid groups (broad SMARTS) is 1. The van der Waals surface area contributed by atoms with Gasteiger partial charge in [-0.3, -0.25) is 0 Å². The van der Waals surface area contributed by atoms with Gasteiger partial charge in [-0.15, -0.1) is 5.10 Å². The fourth-order valence-corrected chi connectivity index (χ4v) is 2.15. The molecule has 0 bridgehead atoms. The first-order chi connectivity index (χ1) is 10.2. The number of carboxylic acids is 1. The van der Waals surface area contributed by atoms with Crippen molar-refractivity contribution in [1.29, 1.82) is 0 Å². The average Bonchev–Trinajstić information content (AvgIpc) is 2.94. The zero-order valence-corrected chi connectivity index (χ0v) is 11.4. The van der Waals surface area contributed by atoms with Crippen LogP contribution in [0.2, 0.25) is 0 Å². The zero-order valence-electron chi connectivity index (χ0n) is 11.4. The maximum atomic E-state index is 11.4. The molecule has 2 aromatic carbocycles. The Morgan fingerprint density at radius 3 is 2.33 bits per heavy atom. The summed E-state index contributed by atoms with van der Waals surface area (Å²) in [5, 5.41) is 17.1. The monoisotopic (exact) mass is 279 g/mol. The number of rotatable bonds is 3. The number of carbonyl (C=O) groups is 1. The third-order valence-corrected chi connectivity index (χ3v) is 3.20. The Morgan fingerprint density at radius 1 is 1.05 bits per heavy atom. The molecule has 0 aliphatic heterocycles. The number of hydrogen-bond acceptors (Lipinski definition) is 3. The fraction of sp³-hybridized carbons (Fsp3) is 0.0625. The molecule has 0 fully saturated rings. The molecular weight excluding hydrogens is 266 g/mol. The van der Waals surface area contributed by atoms with E-state index in [2.05, 4.69) is 10.3 Å². The molecule has 0 aliphatic carbocycles. The highest BCUT2D eigenvalue weighted by Crippen LogP contribution is 2.25. The van der Waals surface area contributed by atoms with Gasteiger partial charge in [0, 0.05) is 5.56 Å². The molecule has 1 aromatic heterocycles. The summed E-state index contributed by atoms with van der Waals surface area (Å²) in [6, 6.07) is 17.0. The molecule has 0 saturated heterocycles. The van der Waals surface area contributed by atoms with Gasteiger partial charge in [-0.25, -0.2) is 9.48 Å². The number of hydrogen-bond donors (Lipinski definition) is 1. The molecule has 0 atom stereocenters. The minimum Gasteiger partial charge on any atom is -0.476 e. The quantitative estimate of drug-likeness (QED) is 0.800. The second-order valence-corrected chi connectivity index (χ2v) is 4.71. The molecule has 1 heterocycles. The number of nitrogens with zero attached hydrogens (tertiary/aromatic N) is 3. The van der Waals surface area contributed by atoms with Gasteiger partial charge in [-0.05, 0) is 19.1 Å². The van der Waals surface area contributed by atoms with E-state index in [1.165, 1.54) is 0 Å². The highest BCUT2D eigenvalue weighted by atomic mass is 16.4. The van der Waals surface area contributed by atoms with E-state index < -0.39 is 5.97 Å². The third-order valence-electron chi connectivity index (χ3n) is 3.20. The molecule has 3 aromatic rings. The van der Waals surface area contributed by atoms with Crippen LogP contribution in [0.25, 0.3) is 16.9 Å². The highest BCUT2D eigenvalue weighted by Gasteiger charge is 2.21. The van der Waals surface area contributed by atoms with Gasteiger partial charge in [0.05, 0.1) is 5.69 Å². The second kappa shape index (κ2) is 5.20. The van der Waals surface area contributed by atoms with Crippen LogP contribution in [0.5, 0.6) is 0 Å². The highest BCUT2D eigenvalue weighted by molar-refractivity contribution is 5.93. The molecule has 0 spiro atoms. The Balaban J connectivity index is 2.22. The zero-order chi connectivity index (χ0) is 14.8. The summed E-state index contributed by atoms with van der Waals surface area (Å²) >= 11 is 0. The first kappa shape index (κ1) is 13.1. The number of aryl methyl sites for hydroxylation is 1. The first-order valence-corrected chi connectivity index (χ1v) is 6.48. The van der Waals surface area contributed by atoms with Crippen molar-refractivity contribution in [3.63, 3.8) is 0 Å². The largest absolute Gasteiger partial charge is 0.476 e. The minimum atomic E-state index is -1.09. The molecular formula is C16H13N3O2. The smallest absolute Gasteiger partial charge is 0.358 e. The SMILES string of the molecule is Cc1ccc(-n2nnc(C(=O)O)c2-c2ccccc2)cc1. The van der Waals surface area contributed by atoms with Crippen molar-refractivity contribution < 1.29 is 9.90 Å². The van der Waals surface area contributed by atoms with Gasteiger partial charge in [0.25, 0.3) is 0 Å². The summed E-state index contributed by atoms with van der Waals surface area (Å²) in [6.45, 7) is 1.99. The van der Waals surface area contributed by atoms with Crippen LogP contribution in [-0.2, 0) is 0 Å². The van der Waals surface area contributed by atoms with Gasteiger partial charge in [-0.2, -0.15) is 0 Å². The van der Waals surface area contributed by atoms with Gasteiger partial charge >= 0.3 is 5.97 Å². The average molecular weight is 279 g/mol. The Bertz CT molecular complexity index is 777. The van der Waals surface area contributed by atoms with Crippen molar-refractivity contribution in [2.45, 2.75) is 6.92 Å². The van der Waals surface area contributed by atoms with Crippen LogP contribution in [-0.4, -0.2) is 26.1 Å².